The maximum atomic E-state index is 13.8. The number of carboxylic acids is 1. The number of hydrogen-bond acceptors (Lipinski definition) is 5. The maximum absolute atomic E-state index is 13.8. The van der Waals surface area contributed by atoms with Crippen LogP contribution in [0.15, 0.2) is 42.5 Å². The van der Waals surface area contributed by atoms with Crippen molar-refractivity contribution >= 4 is 5.97 Å². The predicted octanol–water partition coefficient (Wildman–Crippen LogP) is 4.33. The molecule has 6 nitrogen and oxygen atoms in total. The molecule has 2 aromatic carbocycles. The second kappa shape index (κ2) is 7.18. The molecule has 1 heterocycles. The van der Waals surface area contributed by atoms with Crippen molar-refractivity contribution in [3.8, 4) is 23.0 Å². The van der Waals surface area contributed by atoms with Crippen LogP contribution >= 0.6 is 0 Å². The first-order valence-electron chi connectivity index (χ1n) is 7.43. The molecule has 0 aliphatic carbocycles. The average molecular weight is 397 g/mol. The van der Waals surface area contributed by atoms with Crippen LogP contribution in [-0.2, 0) is 6.18 Å². The minimum absolute atomic E-state index is 0.135. The zero-order valence-electron chi connectivity index (χ0n) is 13.5. The van der Waals surface area contributed by atoms with Gasteiger partial charge in [0.2, 0.25) is 5.69 Å². The number of aromatic nitrogens is 3. The molecule has 0 amide bonds. The number of nitrogens with zero attached hydrogens (tertiary/aromatic N) is 3. The fraction of sp³-hybridized carbons (Fsp3) is 0.0588. The molecule has 0 spiro atoms. The molecular weight excluding hydrogens is 389 g/mol. The zero-order valence-corrected chi connectivity index (χ0v) is 13.5. The third-order valence-electron chi connectivity index (χ3n) is 3.41. The number of ether oxygens (including phenoxy) is 1. The van der Waals surface area contributed by atoms with Crippen molar-refractivity contribution < 1.29 is 36.6 Å². The highest BCUT2D eigenvalue weighted by molar-refractivity contribution is 5.88. The lowest BCUT2D eigenvalue weighted by molar-refractivity contribution is -0.137. The van der Waals surface area contributed by atoms with Gasteiger partial charge in [-0.3, -0.25) is 0 Å². The van der Waals surface area contributed by atoms with Crippen LogP contribution in [0, 0.1) is 11.6 Å². The van der Waals surface area contributed by atoms with Crippen molar-refractivity contribution in [1.82, 2.24) is 15.2 Å². The van der Waals surface area contributed by atoms with Crippen LogP contribution in [-0.4, -0.2) is 26.3 Å². The van der Waals surface area contributed by atoms with Gasteiger partial charge >= 0.3 is 12.1 Å². The largest absolute Gasteiger partial charge is 0.476 e. The average Bonchev–Trinajstić information content (AvgIpc) is 2.64. The minimum atomic E-state index is -4.63. The number of halogens is 5. The SMILES string of the molecule is O=C(O)c1nnc(-c2cccc(C(F)(F)F)c2)nc1Oc1cc(F)ccc1F. The van der Waals surface area contributed by atoms with E-state index in [1.54, 1.807) is 0 Å². The van der Waals surface area contributed by atoms with Gasteiger partial charge in [-0.2, -0.15) is 18.2 Å². The molecule has 11 heteroatoms. The summed E-state index contributed by atoms with van der Waals surface area (Å²) in [6.45, 7) is 0. The highest BCUT2D eigenvalue weighted by atomic mass is 19.4. The summed E-state index contributed by atoms with van der Waals surface area (Å²) in [6, 6.07) is 6.08. The molecule has 0 saturated heterocycles. The smallest absolute Gasteiger partial charge is 0.416 e. The van der Waals surface area contributed by atoms with E-state index in [0.29, 0.717) is 6.07 Å². The first kappa shape index (κ1) is 19.1. The van der Waals surface area contributed by atoms with Gasteiger partial charge in [-0.25, -0.2) is 13.6 Å². The Kier molecular flexibility index (Phi) is 4.91. The molecule has 0 radical (unpaired) electrons. The molecule has 1 aromatic heterocycles. The number of rotatable bonds is 4. The minimum Gasteiger partial charge on any atom is -0.476 e. The van der Waals surface area contributed by atoms with Crippen LogP contribution in [0.5, 0.6) is 11.6 Å². The molecule has 0 aliphatic heterocycles. The summed E-state index contributed by atoms with van der Waals surface area (Å²) in [6.07, 6.45) is -4.63. The van der Waals surface area contributed by atoms with E-state index in [1.165, 1.54) is 6.07 Å². The van der Waals surface area contributed by atoms with E-state index >= 15 is 0 Å². The first-order chi connectivity index (χ1) is 13.1. The number of benzene rings is 2. The summed E-state index contributed by atoms with van der Waals surface area (Å²) >= 11 is 0. The van der Waals surface area contributed by atoms with E-state index in [4.69, 9.17) is 9.84 Å². The fourth-order valence-corrected chi connectivity index (χ4v) is 2.13. The normalized spacial score (nSPS) is 11.3. The van der Waals surface area contributed by atoms with Gasteiger partial charge in [-0.1, -0.05) is 12.1 Å². The van der Waals surface area contributed by atoms with Crippen LogP contribution in [0.4, 0.5) is 22.0 Å². The highest BCUT2D eigenvalue weighted by Crippen LogP contribution is 2.32. The van der Waals surface area contributed by atoms with E-state index in [0.717, 1.165) is 30.3 Å². The third-order valence-corrected chi connectivity index (χ3v) is 3.41. The van der Waals surface area contributed by atoms with Crippen molar-refractivity contribution in [2.24, 2.45) is 0 Å². The Hall–Kier alpha value is -3.63. The van der Waals surface area contributed by atoms with Crippen molar-refractivity contribution in [3.63, 3.8) is 0 Å². The van der Waals surface area contributed by atoms with Gasteiger partial charge in [0.25, 0.3) is 5.88 Å². The summed E-state index contributed by atoms with van der Waals surface area (Å²) < 4.78 is 70.7. The molecule has 1 N–H and O–H groups in total. The van der Waals surface area contributed by atoms with E-state index in [2.05, 4.69) is 15.2 Å². The number of carboxylic acid groups (broad SMARTS) is 1. The molecule has 0 aliphatic rings. The highest BCUT2D eigenvalue weighted by Gasteiger charge is 2.31. The lowest BCUT2D eigenvalue weighted by Gasteiger charge is -2.10. The maximum Gasteiger partial charge on any atom is 0.416 e. The summed E-state index contributed by atoms with van der Waals surface area (Å²) in [5, 5.41) is 16.0. The second-order valence-corrected chi connectivity index (χ2v) is 5.35. The van der Waals surface area contributed by atoms with Gasteiger partial charge in [0.15, 0.2) is 17.4 Å². The summed E-state index contributed by atoms with van der Waals surface area (Å²) in [5.41, 5.74) is -1.96. The van der Waals surface area contributed by atoms with Gasteiger partial charge in [0.1, 0.15) is 5.82 Å². The third kappa shape index (κ3) is 4.03. The summed E-state index contributed by atoms with van der Waals surface area (Å²) in [5.74, 6) is -5.37. The molecular formula is C17H8F5N3O3. The predicted molar refractivity (Wildman–Crippen MR) is 83.7 cm³/mol. The van der Waals surface area contributed by atoms with Gasteiger partial charge in [0.05, 0.1) is 5.56 Å². The van der Waals surface area contributed by atoms with Crippen molar-refractivity contribution in [2.75, 3.05) is 0 Å². The Morgan fingerprint density at radius 2 is 1.79 bits per heavy atom. The molecule has 0 atom stereocenters. The molecule has 0 bridgehead atoms. The van der Waals surface area contributed by atoms with Crippen molar-refractivity contribution in [2.45, 2.75) is 6.18 Å². The van der Waals surface area contributed by atoms with E-state index in [-0.39, 0.29) is 5.56 Å². The molecule has 0 unspecified atom stereocenters. The van der Waals surface area contributed by atoms with Crippen LogP contribution in [0.1, 0.15) is 16.1 Å². The van der Waals surface area contributed by atoms with Gasteiger partial charge in [-0.05, 0) is 24.3 Å². The first-order valence-corrected chi connectivity index (χ1v) is 7.43. The molecule has 3 aromatic rings. The Bertz CT molecular complexity index is 1060. The number of alkyl halides is 3. The van der Waals surface area contributed by atoms with Crippen molar-refractivity contribution in [3.05, 3.63) is 65.4 Å². The molecule has 144 valence electrons. The summed E-state index contributed by atoms with van der Waals surface area (Å²) in [7, 11) is 0. The monoisotopic (exact) mass is 397 g/mol. The number of carbonyl (C=O) groups is 1. The van der Waals surface area contributed by atoms with E-state index < -0.39 is 52.5 Å². The number of hydrogen-bond donors (Lipinski definition) is 1. The molecule has 0 fully saturated rings. The zero-order chi connectivity index (χ0) is 20.5. The molecule has 0 saturated carbocycles. The standard InChI is InChI=1S/C17H8F5N3O3/c18-10-4-5-11(19)12(7-10)28-15-13(16(26)27)24-25-14(23-15)8-2-1-3-9(6-8)17(20,21)22/h1-7H,(H,26,27). The molecule has 28 heavy (non-hydrogen) atoms. The Labute approximate surface area is 153 Å². The second-order valence-electron chi connectivity index (χ2n) is 5.35. The van der Waals surface area contributed by atoms with E-state index in [9.17, 15) is 26.7 Å². The van der Waals surface area contributed by atoms with Crippen LogP contribution in [0.2, 0.25) is 0 Å². The fourth-order valence-electron chi connectivity index (χ4n) is 2.13. The van der Waals surface area contributed by atoms with Gasteiger partial charge < -0.3 is 9.84 Å². The van der Waals surface area contributed by atoms with Crippen LogP contribution < -0.4 is 4.74 Å². The van der Waals surface area contributed by atoms with Crippen LogP contribution in [0.25, 0.3) is 11.4 Å². The number of aromatic carboxylic acids is 1. The van der Waals surface area contributed by atoms with E-state index in [1.807, 2.05) is 0 Å². The Morgan fingerprint density at radius 1 is 1.04 bits per heavy atom. The topological polar surface area (TPSA) is 85.2 Å². The lowest BCUT2D eigenvalue weighted by Crippen LogP contribution is -2.09. The lowest BCUT2D eigenvalue weighted by atomic mass is 10.1. The summed E-state index contributed by atoms with van der Waals surface area (Å²) in [4.78, 5) is 15.0. The van der Waals surface area contributed by atoms with Crippen LogP contribution in [0.3, 0.4) is 0 Å². The Balaban J connectivity index is 2.08. The van der Waals surface area contributed by atoms with Crippen molar-refractivity contribution in [1.29, 1.82) is 0 Å². The van der Waals surface area contributed by atoms with Gasteiger partial charge in [-0.15, -0.1) is 10.2 Å². The molecule has 3 rings (SSSR count). The van der Waals surface area contributed by atoms with Gasteiger partial charge in [0, 0.05) is 11.6 Å². The quantitative estimate of drug-likeness (QED) is 0.660. The Morgan fingerprint density at radius 3 is 2.46 bits per heavy atom.